The first-order chi connectivity index (χ1) is 17.1. The molecule has 1 atom stereocenters. The number of carbonyl (C=O) groups is 2. The summed E-state index contributed by atoms with van der Waals surface area (Å²) in [7, 11) is 0. The molecule has 0 radical (unpaired) electrons. The van der Waals surface area contributed by atoms with Crippen molar-refractivity contribution in [3.63, 3.8) is 0 Å². The average molecular weight is 468 g/mol. The van der Waals surface area contributed by atoms with E-state index >= 15 is 0 Å². The summed E-state index contributed by atoms with van der Waals surface area (Å²) in [5.74, 6) is -0.0307. The number of hydrogen-bond acceptors (Lipinski definition) is 3. The first-order valence-corrected chi connectivity index (χ1v) is 12.7. The van der Waals surface area contributed by atoms with E-state index in [2.05, 4.69) is 39.8 Å². The van der Waals surface area contributed by atoms with Crippen LogP contribution in [0.25, 0.3) is 0 Å². The van der Waals surface area contributed by atoms with Gasteiger partial charge in [-0.25, -0.2) is 0 Å². The Kier molecular flexibility index (Phi) is 6.84. The molecule has 0 saturated carbocycles. The van der Waals surface area contributed by atoms with Crippen LogP contribution in [0.2, 0.25) is 0 Å². The van der Waals surface area contributed by atoms with E-state index in [1.807, 2.05) is 55.5 Å². The lowest BCUT2D eigenvalue weighted by molar-refractivity contribution is 0.0926. The van der Waals surface area contributed by atoms with Crippen molar-refractivity contribution in [3.05, 3.63) is 101 Å². The number of benzene rings is 3. The fourth-order valence-corrected chi connectivity index (χ4v) is 5.40. The van der Waals surface area contributed by atoms with Crippen molar-refractivity contribution in [1.82, 2.24) is 10.6 Å². The van der Waals surface area contributed by atoms with E-state index in [9.17, 15) is 9.59 Å². The minimum atomic E-state index is -0.0165. The fourth-order valence-electron chi connectivity index (χ4n) is 5.40. The van der Waals surface area contributed by atoms with Gasteiger partial charge in [-0.3, -0.25) is 9.59 Å². The van der Waals surface area contributed by atoms with Crippen LogP contribution >= 0.6 is 0 Å². The lowest BCUT2D eigenvalue weighted by Crippen LogP contribution is -2.45. The largest absolute Gasteiger partial charge is 0.371 e. The van der Waals surface area contributed by atoms with Gasteiger partial charge in [0.25, 0.3) is 11.8 Å². The van der Waals surface area contributed by atoms with Gasteiger partial charge in [0.1, 0.15) is 0 Å². The second-order valence-corrected chi connectivity index (χ2v) is 9.74. The van der Waals surface area contributed by atoms with Gasteiger partial charge in [-0.15, -0.1) is 0 Å². The highest BCUT2D eigenvalue weighted by molar-refractivity contribution is 6.00. The zero-order valence-electron chi connectivity index (χ0n) is 20.3. The van der Waals surface area contributed by atoms with E-state index in [4.69, 9.17) is 0 Å². The smallest absolute Gasteiger partial charge is 0.253 e. The van der Waals surface area contributed by atoms with Gasteiger partial charge in [-0.2, -0.15) is 0 Å². The quantitative estimate of drug-likeness (QED) is 0.542. The molecule has 3 aromatic carbocycles. The molecule has 0 bridgehead atoms. The van der Waals surface area contributed by atoms with Crippen molar-refractivity contribution in [1.29, 1.82) is 0 Å². The molecule has 5 rings (SSSR count). The summed E-state index contributed by atoms with van der Waals surface area (Å²) in [6, 6.07) is 24.2. The molecule has 1 saturated heterocycles. The molecule has 180 valence electrons. The molecule has 1 fully saturated rings. The van der Waals surface area contributed by atoms with Gasteiger partial charge in [-0.05, 0) is 74.4 Å². The molecular weight excluding hydrogens is 434 g/mol. The second-order valence-electron chi connectivity index (χ2n) is 9.74. The SMILES string of the molecule is Cc1cccc(C(=O)NC2CCN(c3ccccc3C(=O)NC3CCCc4ccccc43)CC2)c1. The number of para-hydroxylation sites is 1. The summed E-state index contributed by atoms with van der Waals surface area (Å²) < 4.78 is 0. The van der Waals surface area contributed by atoms with Crippen LogP contribution in [0.15, 0.2) is 72.8 Å². The molecule has 1 heterocycles. The zero-order chi connectivity index (χ0) is 24.2. The maximum absolute atomic E-state index is 13.4. The molecule has 2 amide bonds. The van der Waals surface area contributed by atoms with Gasteiger partial charge < -0.3 is 15.5 Å². The molecule has 1 unspecified atom stereocenters. The summed E-state index contributed by atoms with van der Waals surface area (Å²) in [6.45, 7) is 3.60. The Labute approximate surface area is 207 Å². The minimum Gasteiger partial charge on any atom is -0.371 e. The molecular formula is C30H33N3O2. The number of aryl methyl sites for hydroxylation is 2. The Bertz CT molecular complexity index is 1210. The number of piperidine rings is 1. The lowest BCUT2D eigenvalue weighted by Gasteiger charge is -2.35. The topological polar surface area (TPSA) is 61.4 Å². The van der Waals surface area contributed by atoms with Crippen LogP contribution < -0.4 is 15.5 Å². The second kappa shape index (κ2) is 10.3. The maximum atomic E-state index is 13.4. The Hall–Kier alpha value is -3.60. The molecule has 5 heteroatoms. The van der Waals surface area contributed by atoms with E-state index in [-0.39, 0.29) is 23.9 Å². The van der Waals surface area contributed by atoms with Crippen LogP contribution in [0.4, 0.5) is 5.69 Å². The number of nitrogens with one attached hydrogen (secondary N) is 2. The number of hydrogen-bond donors (Lipinski definition) is 2. The first-order valence-electron chi connectivity index (χ1n) is 12.7. The number of amides is 2. The zero-order valence-corrected chi connectivity index (χ0v) is 20.3. The van der Waals surface area contributed by atoms with E-state index in [1.165, 1.54) is 11.1 Å². The predicted molar refractivity (Wildman–Crippen MR) is 140 cm³/mol. The van der Waals surface area contributed by atoms with Crippen LogP contribution in [-0.4, -0.2) is 30.9 Å². The normalized spacial score (nSPS) is 18.0. The predicted octanol–water partition coefficient (Wildman–Crippen LogP) is 5.20. The molecule has 2 N–H and O–H groups in total. The number of rotatable bonds is 5. The van der Waals surface area contributed by atoms with Gasteiger partial charge in [-0.1, -0.05) is 54.1 Å². The molecule has 2 aliphatic rings. The van der Waals surface area contributed by atoms with E-state index in [0.717, 1.165) is 62.0 Å². The van der Waals surface area contributed by atoms with Crippen LogP contribution in [0, 0.1) is 6.92 Å². The third-order valence-corrected chi connectivity index (χ3v) is 7.27. The van der Waals surface area contributed by atoms with Crippen molar-refractivity contribution in [2.45, 2.75) is 51.1 Å². The minimum absolute atomic E-state index is 0.0142. The molecule has 35 heavy (non-hydrogen) atoms. The summed E-state index contributed by atoms with van der Waals surface area (Å²) in [6.07, 6.45) is 4.84. The van der Waals surface area contributed by atoms with Gasteiger partial charge in [0.05, 0.1) is 11.6 Å². The molecule has 1 aliphatic heterocycles. The van der Waals surface area contributed by atoms with Gasteiger partial charge in [0, 0.05) is 30.4 Å². The Balaban J connectivity index is 1.23. The standard InChI is InChI=1S/C30H33N3O2/c1-21-8-6-11-23(20-21)29(34)31-24-16-18-33(19-17-24)28-15-5-4-13-26(28)30(35)32-27-14-7-10-22-9-2-3-12-25(22)27/h2-6,8-9,11-13,15,20,24,27H,7,10,14,16-19H2,1H3,(H,31,34)(H,32,35). The van der Waals surface area contributed by atoms with Crippen molar-refractivity contribution in [2.24, 2.45) is 0 Å². The van der Waals surface area contributed by atoms with Gasteiger partial charge in [0.15, 0.2) is 0 Å². The van der Waals surface area contributed by atoms with Gasteiger partial charge >= 0.3 is 0 Å². The monoisotopic (exact) mass is 467 g/mol. The van der Waals surface area contributed by atoms with E-state index in [0.29, 0.717) is 5.56 Å². The van der Waals surface area contributed by atoms with Crippen molar-refractivity contribution in [3.8, 4) is 0 Å². The van der Waals surface area contributed by atoms with Crippen molar-refractivity contribution >= 4 is 17.5 Å². The van der Waals surface area contributed by atoms with Crippen molar-refractivity contribution < 1.29 is 9.59 Å². The number of nitrogens with zero attached hydrogens (tertiary/aromatic N) is 1. The average Bonchev–Trinajstić information content (AvgIpc) is 2.89. The van der Waals surface area contributed by atoms with Crippen LogP contribution in [0.5, 0.6) is 0 Å². The van der Waals surface area contributed by atoms with Crippen LogP contribution in [0.3, 0.4) is 0 Å². The molecule has 1 aliphatic carbocycles. The maximum Gasteiger partial charge on any atom is 0.253 e. The van der Waals surface area contributed by atoms with Gasteiger partial charge in [0.2, 0.25) is 0 Å². The molecule has 3 aromatic rings. The number of anilines is 1. The Morgan fingerprint density at radius 1 is 0.829 bits per heavy atom. The molecule has 0 aromatic heterocycles. The van der Waals surface area contributed by atoms with Crippen LogP contribution in [0.1, 0.15) is 69.1 Å². The Morgan fingerprint density at radius 2 is 1.60 bits per heavy atom. The third kappa shape index (κ3) is 5.24. The lowest BCUT2D eigenvalue weighted by atomic mass is 9.87. The third-order valence-electron chi connectivity index (χ3n) is 7.27. The highest BCUT2D eigenvalue weighted by atomic mass is 16.2. The van der Waals surface area contributed by atoms with Crippen molar-refractivity contribution in [2.75, 3.05) is 18.0 Å². The van der Waals surface area contributed by atoms with E-state index < -0.39 is 0 Å². The summed E-state index contributed by atoms with van der Waals surface area (Å²) in [5.41, 5.74) is 6.06. The summed E-state index contributed by atoms with van der Waals surface area (Å²) in [4.78, 5) is 28.3. The highest BCUT2D eigenvalue weighted by Crippen LogP contribution is 2.31. The molecule has 5 nitrogen and oxygen atoms in total. The highest BCUT2D eigenvalue weighted by Gasteiger charge is 2.26. The van der Waals surface area contributed by atoms with E-state index in [1.54, 1.807) is 0 Å². The summed E-state index contributed by atoms with van der Waals surface area (Å²) in [5, 5.41) is 6.50. The number of carbonyl (C=O) groups excluding carboxylic acids is 2. The Morgan fingerprint density at radius 3 is 2.43 bits per heavy atom. The molecule has 0 spiro atoms. The van der Waals surface area contributed by atoms with Crippen LogP contribution in [-0.2, 0) is 6.42 Å². The summed E-state index contributed by atoms with van der Waals surface area (Å²) >= 11 is 0. The number of fused-ring (bicyclic) bond motifs is 1. The fraction of sp³-hybridized carbons (Fsp3) is 0.333. The first kappa shape index (κ1) is 23.2.